The molecule has 0 radical (unpaired) electrons. The standard InChI is InChI=1S/C26H30N2O5S/c1-17(24(31)28-26(14-23(29)30)10-12-34-13-11-26)15-27-25(32)33-16-22-20-8-4-2-6-18(20)19-7-3-5-9-21(19)22/h2-9,17,22H,10-16H2,1H3,(H,27,32)(H,28,31)(H,29,30). The Bertz CT molecular complexity index is 1020. The van der Waals surface area contributed by atoms with Gasteiger partial charge in [-0.25, -0.2) is 4.79 Å². The van der Waals surface area contributed by atoms with Crippen molar-refractivity contribution in [2.24, 2.45) is 5.92 Å². The molecule has 1 heterocycles. The Morgan fingerprint density at radius 2 is 1.65 bits per heavy atom. The molecule has 2 aromatic rings. The molecule has 4 rings (SSSR count). The Hall–Kier alpha value is -3.00. The molecular formula is C26H30N2O5S. The summed E-state index contributed by atoms with van der Waals surface area (Å²) in [6.45, 7) is 2.03. The number of carboxylic acid groups (broad SMARTS) is 1. The number of ether oxygens (including phenoxy) is 1. The monoisotopic (exact) mass is 482 g/mol. The number of thioether (sulfide) groups is 1. The van der Waals surface area contributed by atoms with Gasteiger partial charge in [-0.15, -0.1) is 0 Å². The van der Waals surface area contributed by atoms with Gasteiger partial charge in [0.05, 0.1) is 17.9 Å². The highest BCUT2D eigenvalue weighted by Crippen LogP contribution is 2.44. The molecule has 8 heteroatoms. The van der Waals surface area contributed by atoms with Crippen molar-refractivity contribution in [1.29, 1.82) is 0 Å². The van der Waals surface area contributed by atoms with Crippen molar-refractivity contribution in [2.45, 2.75) is 37.6 Å². The van der Waals surface area contributed by atoms with Gasteiger partial charge in [0.1, 0.15) is 6.61 Å². The van der Waals surface area contributed by atoms with E-state index >= 15 is 0 Å². The second-order valence-electron chi connectivity index (χ2n) is 9.06. The Morgan fingerprint density at radius 3 is 2.24 bits per heavy atom. The molecular weight excluding hydrogens is 452 g/mol. The molecule has 0 aromatic heterocycles. The number of alkyl carbamates (subject to hydrolysis) is 1. The van der Waals surface area contributed by atoms with Gasteiger partial charge in [0, 0.05) is 12.5 Å². The summed E-state index contributed by atoms with van der Waals surface area (Å²) in [4.78, 5) is 36.5. The fourth-order valence-corrected chi connectivity index (χ4v) is 6.03. The average molecular weight is 483 g/mol. The number of hydrogen-bond donors (Lipinski definition) is 3. The zero-order valence-electron chi connectivity index (χ0n) is 19.2. The van der Waals surface area contributed by atoms with E-state index in [-0.39, 0.29) is 31.4 Å². The number of aliphatic carboxylic acids is 1. The van der Waals surface area contributed by atoms with Crippen molar-refractivity contribution >= 4 is 29.7 Å². The Labute approximate surface area is 203 Å². The predicted molar refractivity (Wildman–Crippen MR) is 132 cm³/mol. The molecule has 1 fully saturated rings. The number of benzene rings is 2. The van der Waals surface area contributed by atoms with Crippen LogP contribution >= 0.6 is 11.8 Å². The fourth-order valence-electron chi connectivity index (χ4n) is 4.76. The van der Waals surface area contributed by atoms with Crippen molar-refractivity contribution in [3.63, 3.8) is 0 Å². The fraction of sp³-hybridized carbons (Fsp3) is 0.423. The van der Waals surface area contributed by atoms with Crippen LogP contribution in [0.3, 0.4) is 0 Å². The van der Waals surface area contributed by atoms with E-state index < -0.39 is 23.5 Å². The molecule has 1 atom stereocenters. The number of carbonyl (C=O) groups is 3. The van der Waals surface area contributed by atoms with E-state index in [0.29, 0.717) is 12.8 Å². The van der Waals surface area contributed by atoms with Crippen molar-refractivity contribution < 1.29 is 24.2 Å². The minimum atomic E-state index is -0.920. The van der Waals surface area contributed by atoms with E-state index in [9.17, 15) is 19.5 Å². The lowest BCUT2D eigenvalue weighted by molar-refractivity contribution is -0.139. The predicted octanol–water partition coefficient (Wildman–Crippen LogP) is 4.02. The number of nitrogens with one attached hydrogen (secondary N) is 2. The normalized spacial score (nSPS) is 17.2. The van der Waals surface area contributed by atoms with Gasteiger partial charge in [-0.1, -0.05) is 55.5 Å². The van der Waals surface area contributed by atoms with E-state index in [1.54, 1.807) is 18.7 Å². The first-order valence-electron chi connectivity index (χ1n) is 11.6. The van der Waals surface area contributed by atoms with E-state index in [0.717, 1.165) is 33.8 Å². The summed E-state index contributed by atoms with van der Waals surface area (Å²) in [7, 11) is 0. The first-order valence-corrected chi connectivity index (χ1v) is 12.7. The van der Waals surface area contributed by atoms with Crippen LogP contribution in [-0.4, -0.2) is 53.3 Å². The SMILES string of the molecule is CC(CNC(=O)OCC1c2ccccc2-c2ccccc21)C(=O)NC1(CC(=O)O)CCSCC1. The molecule has 2 amide bonds. The third kappa shape index (κ3) is 5.38. The van der Waals surface area contributed by atoms with Crippen LogP contribution in [-0.2, 0) is 14.3 Å². The zero-order valence-corrected chi connectivity index (χ0v) is 20.0. The van der Waals surface area contributed by atoms with Crippen LogP contribution in [0, 0.1) is 5.92 Å². The highest BCUT2D eigenvalue weighted by molar-refractivity contribution is 7.99. The average Bonchev–Trinajstić information content (AvgIpc) is 3.15. The van der Waals surface area contributed by atoms with Crippen LogP contribution in [0.5, 0.6) is 0 Å². The minimum Gasteiger partial charge on any atom is -0.481 e. The Morgan fingerprint density at radius 1 is 1.06 bits per heavy atom. The molecule has 7 nitrogen and oxygen atoms in total. The lowest BCUT2D eigenvalue weighted by Gasteiger charge is -2.37. The topological polar surface area (TPSA) is 105 Å². The molecule has 3 N–H and O–H groups in total. The summed E-state index contributed by atoms with van der Waals surface area (Å²) in [6, 6.07) is 16.3. The molecule has 2 aliphatic rings. The summed E-state index contributed by atoms with van der Waals surface area (Å²) in [5, 5.41) is 14.9. The second kappa shape index (κ2) is 10.5. The first-order chi connectivity index (χ1) is 16.4. The lowest BCUT2D eigenvalue weighted by Crippen LogP contribution is -2.54. The maximum Gasteiger partial charge on any atom is 0.407 e. The third-order valence-electron chi connectivity index (χ3n) is 6.67. The van der Waals surface area contributed by atoms with Crippen molar-refractivity contribution in [1.82, 2.24) is 10.6 Å². The van der Waals surface area contributed by atoms with Gasteiger partial charge in [-0.2, -0.15) is 11.8 Å². The largest absolute Gasteiger partial charge is 0.481 e. The van der Waals surface area contributed by atoms with Crippen LogP contribution < -0.4 is 10.6 Å². The lowest BCUT2D eigenvalue weighted by atomic mass is 9.87. The van der Waals surface area contributed by atoms with E-state index in [1.807, 2.05) is 24.3 Å². The quantitative estimate of drug-likeness (QED) is 0.525. The highest BCUT2D eigenvalue weighted by atomic mass is 32.2. The molecule has 1 saturated heterocycles. The maximum atomic E-state index is 12.7. The molecule has 0 saturated carbocycles. The number of carboxylic acids is 1. The molecule has 0 spiro atoms. The Kier molecular flexibility index (Phi) is 7.46. The molecule has 1 aliphatic heterocycles. The summed E-state index contributed by atoms with van der Waals surface area (Å²) in [5.74, 6) is -0.0803. The highest BCUT2D eigenvalue weighted by Gasteiger charge is 2.37. The van der Waals surface area contributed by atoms with E-state index in [4.69, 9.17) is 4.74 Å². The van der Waals surface area contributed by atoms with Gasteiger partial charge in [0.2, 0.25) is 5.91 Å². The van der Waals surface area contributed by atoms with Crippen LogP contribution in [0.1, 0.15) is 43.2 Å². The maximum absolute atomic E-state index is 12.7. The van der Waals surface area contributed by atoms with E-state index in [2.05, 4.69) is 34.9 Å². The van der Waals surface area contributed by atoms with Crippen LogP contribution in [0.2, 0.25) is 0 Å². The number of fused-ring (bicyclic) bond motifs is 3. The smallest absolute Gasteiger partial charge is 0.407 e. The number of amides is 2. The van der Waals surface area contributed by atoms with Crippen LogP contribution in [0.15, 0.2) is 48.5 Å². The molecule has 1 unspecified atom stereocenters. The zero-order chi connectivity index (χ0) is 24.1. The van der Waals surface area contributed by atoms with Gasteiger partial charge < -0.3 is 20.5 Å². The second-order valence-corrected chi connectivity index (χ2v) is 10.3. The minimum absolute atomic E-state index is 0.0288. The van der Waals surface area contributed by atoms with Gasteiger partial charge >= 0.3 is 12.1 Å². The van der Waals surface area contributed by atoms with Crippen molar-refractivity contribution in [3.8, 4) is 11.1 Å². The third-order valence-corrected chi connectivity index (χ3v) is 7.66. The molecule has 2 aromatic carbocycles. The van der Waals surface area contributed by atoms with Gasteiger partial charge in [-0.05, 0) is 46.6 Å². The number of rotatable bonds is 8. The molecule has 0 bridgehead atoms. The summed E-state index contributed by atoms with van der Waals surface area (Å²) < 4.78 is 5.53. The van der Waals surface area contributed by atoms with Crippen molar-refractivity contribution in [3.05, 3.63) is 59.7 Å². The van der Waals surface area contributed by atoms with Gasteiger partial charge in [0.15, 0.2) is 0 Å². The first kappa shape index (κ1) is 24.1. The summed E-state index contributed by atoms with van der Waals surface area (Å²) in [5.41, 5.74) is 3.88. The Balaban J connectivity index is 1.29. The number of carbonyl (C=O) groups excluding carboxylic acids is 2. The molecule has 1 aliphatic carbocycles. The van der Waals surface area contributed by atoms with Crippen molar-refractivity contribution in [2.75, 3.05) is 24.7 Å². The van der Waals surface area contributed by atoms with Crippen LogP contribution in [0.25, 0.3) is 11.1 Å². The van der Waals surface area contributed by atoms with E-state index in [1.165, 1.54) is 0 Å². The molecule has 34 heavy (non-hydrogen) atoms. The number of hydrogen-bond acceptors (Lipinski definition) is 5. The molecule has 180 valence electrons. The van der Waals surface area contributed by atoms with Gasteiger partial charge in [0.25, 0.3) is 0 Å². The summed E-state index contributed by atoms with van der Waals surface area (Å²) >= 11 is 1.76. The summed E-state index contributed by atoms with van der Waals surface area (Å²) in [6.07, 6.45) is 0.590. The van der Waals surface area contributed by atoms with Gasteiger partial charge in [-0.3, -0.25) is 9.59 Å². The van der Waals surface area contributed by atoms with Crippen LogP contribution in [0.4, 0.5) is 4.79 Å².